The lowest BCUT2D eigenvalue weighted by Crippen LogP contribution is -2.48. The standard InChI is InChI=1S/C12H19N5O5/c1-17-12-6(2-16-17)11(14-5-15-12)13-3-7(19)9(21)10(22)8(20)4-18/h2,5,7-10,18-22H,3-4H2,1H3,(H,13,14,15)/t7-,8-,9+,10-/m1/s1. The van der Waals surface area contributed by atoms with Crippen molar-refractivity contribution < 1.29 is 25.5 Å². The topological polar surface area (TPSA) is 157 Å². The third kappa shape index (κ3) is 3.31. The molecule has 0 aliphatic rings. The van der Waals surface area contributed by atoms with Gasteiger partial charge in [0.2, 0.25) is 0 Å². The Morgan fingerprint density at radius 2 is 1.82 bits per heavy atom. The molecule has 10 heteroatoms. The minimum Gasteiger partial charge on any atom is -0.394 e. The molecule has 10 nitrogen and oxygen atoms in total. The highest BCUT2D eigenvalue weighted by molar-refractivity contribution is 5.85. The molecule has 0 spiro atoms. The number of nitrogens with one attached hydrogen (secondary N) is 1. The lowest BCUT2D eigenvalue weighted by Gasteiger charge is -2.25. The summed E-state index contributed by atoms with van der Waals surface area (Å²) in [5.74, 6) is 0.418. The summed E-state index contributed by atoms with van der Waals surface area (Å²) in [6, 6.07) is 0. The normalized spacial score (nSPS) is 17.2. The Morgan fingerprint density at radius 1 is 1.14 bits per heavy atom. The number of fused-ring (bicyclic) bond motifs is 1. The molecule has 2 aromatic heterocycles. The van der Waals surface area contributed by atoms with Gasteiger partial charge in [0.1, 0.15) is 30.5 Å². The van der Waals surface area contributed by atoms with Crippen LogP contribution in [0, 0.1) is 0 Å². The Kier molecular flexibility index (Phi) is 5.21. The Morgan fingerprint density at radius 3 is 2.50 bits per heavy atom. The van der Waals surface area contributed by atoms with Gasteiger partial charge < -0.3 is 30.8 Å². The molecule has 0 aromatic carbocycles. The molecule has 0 radical (unpaired) electrons. The van der Waals surface area contributed by atoms with Gasteiger partial charge in [-0.1, -0.05) is 0 Å². The maximum atomic E-state index is 9.84. The summed E-state index contributed by atoms with van der Waals surface area (Å²) in [7, 11) is 1.73. The molecule has 4 atom stereocenters. The van der Waals surface area contributed by atoms with E-state index in [1.54, 1.807) is 17.9 Å². The van der Waals surface area contributed by atoms with Gasteiger partial charge >= 0.3 is 0 Å². The average molecular weight is 313 g/mol. The van der Waals surface area contributed by atoms with Gasteiger partial charge in [-0.3, -0.25) is 4.68 Å². The quantitative estimate of drug-likeness (QED) is 0.318. The van der Waals surface area contributed by atoms with Crippen molar-refractivity contribution in [3.63, 3.8) is 0 Å². The summed E-state index contributed by atoms with van der Waals surface area (Å²) in [4.78, 5) is 8.09. The molecule has 0 saturated heterocycles. The zero-order valence-corrected chi connectivity index (χ0v) is 11.9. The molecule has 0 unspecified atom stereocenters. The van der Waals surface area contributed by atoms with E-state index in [0.717, 1.165) is 0 Å². The van der Waals surface area contributed by atoms with Gasteiger partial charge in [-0.2, -0.15) is 5.10 Å². The first-order chi connectivity index (χ1) is 10.5. The van der Waals surface area contributed by atoms with Crippen molar-refractivity contribution in [2.45, 2.75) is 24.4 Å². The van der Waals surface area contributed by atoms with Gasteiger partial charge in [-0.05, 0) is 0 Å². The highest BCUT2D eigenvalue weighted by Gasteiger charge is 2.30. The van der Waals surface area contributed by atoms with Crippen molar-refractivity contribution in [3.05, 3.63) is 12.5 Å². The predicted octanol–water partition coefficient (Wildman–Crippen LogP) is -2.79. The van der Waals surface area contributed by atoms with E-state index in [0.29, 0.717) is 16.9 Å². The number of aliphatic hydroxyl groups is 5. The zero-order valence-electron chi connectivity index (χ0n) is 11.9. The SMILES string of the molecule is Cn1ncc2c(NC[C@@H](O)[C@H](O)[C@H](O)[C@H](O)CO)ncnc21. The molecule has 0 fully saturated rings. The van der Waals surface area contributed by atoms with Crippen molar-refractivity contribution >= 4 is 16.9 Å². The van der Waals surface area contributed by atoms with Gasteiger partial charge in [0.25, 0.3) is 0 Å². The van der Waals surface area contributed by atoms with Gasteiger partial charge in [0.15, 0.2) is 5.65 Å². The molecule has 2 rings (SSSR count). The number of aryl methyl sites for hydroxylation is 1. The van der Waals surface area contributed by atoms with Crippen LogP contribution in [0.3, 0.4) is 0 Å². The minimum absolute atomic E-state index is 0.128. The molecule has 0 aliphatic heterocycles. The van der Waals surface area contributed by atoms with Gasteiger partial charge in [0, 0.05) is 13.6 Å². The van der Waals surface area contributed by atoms with Crippen molar-refractivity contribution in [1.82, 2.24) is 19.7 Å². The average Bonchev–Trinajstić information content (AvgIpc) is 2.92. The molecule has 0 bridgehead atoms. The first kappa shape index (κ1) is 16.5. The zero-order chi connectivity index (χ0) is 16.3. The Hall–Kier alpha value is -1.85. The molecule has 0 aliphatic carbocycles. The minimum atomic E-state index is -1.66. The molecule has 2 aromatic rings. The summed E-state index contributed by atoms with van der Waals surface area (Å²) < 4.78 is 1.56. The van der Waals surface area contributed by atoms with Crippen LogP contribution in [-0.4, -0.2) is 82.8 Å². The van der Waals surface area contributed by atoms with E-state index >= 15 is 0 Å². The number of rotatable bonds is 7. The first-order valence-electron chi connectivity index (χ1n) is 6.65. The van der Waals surface area contributed by atoms with E-state index in [9.17, 15) is 20.4 Å². The van der Waals surface area contributed by atoms with Crippen molar-refractivity contribution in [1.29, 1.82) is 0 Å². The van der Waals surface area contributed by atoms with Crippen LogP contribution in [0.25, 0.3) is 11.0 Å². The van der Waals surface area contributed by atoms with Crippen LogP contribution < -0.4 is 5.32 Å². The number of anilines is 1. The lowest BCUT2D eigenvalue weighted by atomic mass is 10.0. The molecule has 22 heavy (non-hydrogen) atoms. The number of hydrogen-bond acceptors (Lipinski definition) is 9. The van der Waals surface area contributed by atoms with Crippen LogP contribution >= 0.6 is 0 Å². The highest BCUT2D eigenvalue weighted by Crippen LogP contribution is 2.18. The second-order valence-electron chi connectivity index (χ2n) is 4.91. The summed E-state index contributed by atoms with van der Waals surface area (Å²) in [5, 5.41) is 54.6. The Bertz CT molecular complexity index is 621. The van der Waals surface area contributed by atoms with E-state index in [2.05, 4.69) is 20.4 Å². The summed E-state index contributed by atoms with van der Waals surface area (Å²) in [6.07, 6.45) is -3.30. The van der Waals surface area contributed by atoms with Crippen molar-refractivity contribution in [3.8, 4) is 0 Å². The van der Waals surface area contributed by atoms with Crippen molar-refractivity contribution in [2.24, 2.45) is 7.05 Å². The Balaban J connectivity index is 2.02. The molecule has 2 heterocycles. The first-order valence-corrected chi connectivity index (χ1v) is 6.65. The number of aliphatic hydroxyl groups excluding tert-OH is 5. The monoisotopic (exact) mass is 313 g/mol. The largest absolute Gasteiger partial charge is 0.394 e. The molecule has 122 valence electrons. The highest BCUT2D eigenvalue weighted by atomic mass is 16.4. The molecule has 0 saturated carbocycles. The van der Waals surface area contributed by atoms with Crippen LogP contribution in [0.5, 0.6) is 0 Å². The maximum Gasteiger partial charge on any atom is 0.163 e. The molecule has 0 amide bonds. The van der Waals surface area contributed by atoms with E-state index in [1.165, 1.54) is 6.33 Å². The van der Waals surface area contributed by atoms with E-state index in [4.69, 9.17) is 5.11 Å². The second-order valence-corrected chi connectivity index (χ2v) is 4.91. The summed E-state index contributed by atoms with van der Waals surface area (Å²) in [5.41, 5.74) is 0.600. The van der Waals surface area contributed by atoms with Crippen molar-refractivity contribution in [2.75, 3.05) is 18.5 Å². The van der Waals surface area contributed by atoms with Crippen LogP contribution in [-0.2, 0) is 7.05 Å². The molecular weight excluding hydrogens is 294 g/mol. The van der Waals surface area contributed by atoms with Gasteiger partial charge in [-0.15, -0.1) is 0 Å². The summed E-state index contributed by atoms with van der Waals surface area (Å²) >= 11 is 0. The maximum absolute atomic E-state index is 9.84. The third-order valence-corrected chi connectivity index (χ3v) is 3.33. The summed E-state index contributed by atoms with van der Waals surface area (Å²) in [6.45, 7) is -0.849. The van der Waals surface area contributed by atoms with Crippen LogP contribution in [0.15, 0.2) is 12.5 Å². The third-order valence-electron chi connectivity index (χ3n) is 3.33. The smallest absolute Gasteiger partial charge is 0.163 e. The van der Waals surface area contributed by atoms with E-state index in [-0.39, 0.29) is 6.54 Å². The van der Waals surface area contributed by atoms with Gasteiger partial charge in [-0.25, -0.2) is 9.97 Å². The fourth-order valence-electron chi connectivity index (χ4n) is 1.99. The molecular formula is C12H19N5O5. The fourth-order valence-corrected chi connectivity index (χ4v) is 1.99. The van der Waals surface area contributed by atoms with Crippen LogP contribution in [0.4, 0.5) is 5.82 Å². The number of aromatic nitrogens is 4. The fraction of sp³-hybridized carbons (Fsp3) is 0.583. The van der Waals surface area contributed by atoms with Crippen LogP contribution in [0.2, 0.25) is 0 Å². The Labute approximate surface area is 125 Å². The van der Waals surface area contributed by atoms with Crippen LogP contribution in [0.1, 0.15) is 0 Å². The molecule has 6 N–H and O–H groups in total. The van der Waals surface area contributed by atoms with Gasteiger partial charge in [0.05, 0.1) is 24.3 Å². The van der Waals surface area contributed by atoms with E-state index in [1.807, 2.05) is 0 Å². The second kappa shape index (κ2) is 6.94. The number of nitrogens with zero attached hydrogens (tertiary/aromatic N) is 4. The lowest BCUT2D eigenvalue weighted by molar-refractivity contribution is -0.111. The van der Waals surface area contributed by atoms with E-state index < -0.39 is 31.0 Å². The predicted molar refractivity (Wildman–Crippen MR) is 75.9 cm³/mol. The number of hydrogen-bond donors (Lipinski definition) is 6.